The second-order valence-electron chi connectivity index (χ2n) is 3.90. The molecule has 3 N–H and O–H groups in total. The molecule has 0 amide bonds. The summed E-state index contributed by atoms with van der Waals surface area (Å²) in [7, 11) is 0. The highest BCUT2D eigenvalue weighted by Gasteiger charge is 2.08. The van der Waals surface area contributed by atoms with Crippen molar-refractivity contribution in [2.75, 3.05) is 11.1 Å². The molecule has 0 unspecified atom stereocenters. The van der Waals surface area contributed by atoms with Gasteiger partial charge in [0.25, 0.3) is 5.56 Å². The number of halogens is 1. The number of aromatic nitrogens is 2. The Balaban J connectivity index is 2.31. The summed E-state index contributed by atoms with van der Waals surface area (Å²) in [6, 6.07) is 7.09. The molecule has 6 heteroatoms. The Morgan fingerprint density at radius 1 is 1.42 bits per heavy atom. The molecule has 0 aliphatic rings. The fraction of sp³-hybridized carbons (Fsp3) is 0.0769. The SMILES string of the molecule is C=CCn1ncc(Nc2ccc(N)cc2)c(Cl)c1=O. The number of anilines is 3. The maximum atomic E-state index is 11.9. The lowest BCUT2D eigenvalue weighted by atomic mass is 10.3. The third-order valence-electron chi connectivity index (χ3n) is 2.48. The van der Waals surface area contributed by atoms with Crippen LogP contribution in [0.25, 0.3) is 0 Å². The molecule has 0 saturated heterocycles. The monoisotopic (exact) mass is 276 g/mol. The van der Waals surface area contributed by atoms with Crippen LogP contribution in [-0.4, -0.2) is 9.78 Å². The number of nitrogens with two attached hydrogens (primary N) is 1. The molecular weight excluding hydrogens is 264 g/mol. The lowest BCUT2D eigenvalue weighted by Gasteiger charge is -2.09. The fourth-order valence-electron chi connectivity index (χ4n) is 1.53. The summed E-state index contributed by atoms with van der Waals surface area (Å²) in [4.78, 5) is 11.9. The van der Waals surface area contributed by atoms with Gasteiger partial charge in [0.05, 0.1) is 18.4 Å². The predicted octanol–water partition coefficient (Wildman–Crippen LogP) is 2.41. The van der Waals surface area contributed by atoms with Gasteiger partial charge in [-0.3, -0.25) is 4.79 Å². The summed E-state index contributed by atoms with van der Waals surface area (Å²) < 4.78 is 1.24. The van der Waals surface area contributed by atoms with Crippen LogP contribution in [0.2, 0.25) is 5.02 Å². The smallest absolute Gasteiger partial charge is 0.287 e. The number of nitrogens with zero attached hydrogens (tertiary/aromatic N) is 2. The van der Waals surface area contributed by atoms with Gasteiger partial charge in [0.15, 0.2) is 0 Å². The molecule has 0 atom stereocenters. The van der Waals surface area contributed by atoms with Crippen LogP contribution in [0.1, 0.15) is 0 Å². The molecule has 0 spiro atoms. The van der Waals surface area contributed by atoms with Crippen molar-refractivity contribution in [2.45, 2.75) is 6.54 Å². The summed E-state index contributed by atoms with van der Waals surface area (Å²) in [6.45, 7) is 3.88. The van der Waals surface area contributed by atoms with Crippen molar-refractivity contribution < 1.29 is 0 Å². The van der Waals surface area contributed by atoms with Crippen molar-refractivity contribution in [2.24, 2.45) is 0 Å². The molecule has 5 nitrogen and oxygen atoms in total. The minimum atomic E-state index is -0.359. The zero-order valence-corrected chi connectivity index (χ0v) is 10.9. The Morgan fingerprint density at radius 2 is 2.11 bits per heavy atom. The number of hydrogen-bond acceptors (Lipinski definition) is 4. The van der Waals surface area contributed by atoms with E-state index in [9.17, 15) is 4.79 Å². The van der Waals surface area contributed by atoms with Gasteiger partial charge in [0.1, 0.15) is 5.02 Å². The number of nitrogens with one attached hydrogen (secondary N) is 1. The van der Waals surface area contributed by atoms with E-state index in [1.54, 1.807) is 30.3 Å². The summed E-state index contributed by atoms with van der Waals surface area (Å²) in [5, 5.41) is 7.12. The number of rotatable bonds is 4. The first-order valence-corrected chi connectivity index (χ1v) is 5.98. The van der Waals surface area contributed by atoms with Crippen molar-refractivity contribution in [3.63, 3.8) is 0 Å². The van der Waals surface area contributed by atoms with Crippen LogP contribution in [0.15, 0.2) is 47.9 Å². The highest BCUT2D eigenvalue weighted by Crippen LogP contribution is 2.21. The van der Waals surface area contributed by atoms with Crippen molar-refractivity contribution in [1.29, 1.82) is 0 Å². The predicted molar refractivity (Wildman–Crippen MR) is 77.8 cm³/mol. The van der Waals surface area contributed by atoms with Crippen LogP contribution in [0.5, 0.6) is 0 Å². The van der Waals surface area contributed by atoms with Crippen molar-refractivity contribution in [3.05, 3.63) is 58.5 Å². The molecule has 0 radical (unpaired) electrons. The van der Waals surface area contributed by atoms with Crippen LogP contribution in [0, 0.1) is 0 Å². The van der Waals surface area contributed by atoms with Crippen LogP contribution in [0.3, 0.4) is 0 Å². The molecule has 98 valence electrons. The third-order valence-corrected chi connectivity index (χ3v) is 2.84. The Hall–Kier alpha value is -2.27. The zero-order valence-electron chi connectivity index (χ0n) is 10.1. The van der Waals surface area contributed by atoms with E-state index in [4.69, 9.17) is 17.3 Å². The lowest BCUT2D eigenvalue weighted by molar-refractivity contribution is 0.653. The fourth-order valence-corrected chi connectivity index (χ4v) is 1.72. The molecule has 2 aromatic rings. The summed E-state index contributed by atoms with van der Waals surface area (Å²) in [6.07, 6.45) is 3.08. The van der Waals surface area contributed by atoms with Gasteiger partial charge >= 0.3 is 0 Å². The average molecular weight is 277 g/mol. The van der Waals surface area contributed by atoms with Gasteiger partial charge in [-0.1, -0.05) is 17.7 Å². The molecule has 1 aromatic heterocycles. The van der Waals surface area contributed by atoms with E-state index in [2.05, 4.69) is 17.0 Å². The second-order valence-corrected chi connectivity index (χ2v) is 4.27. The zero-order chi connectivity index (χ0) is 13.8. The molecule has 19 heavy (non-hydrogen) atoms. The number of hydrogen-bond donors (Lipinski definition) is 2. The largest absolute Gasteiger partial charge is 0.399 e. The Kier molecular flexibility index (Phi) is 3.87. The minimum Gasteiger partial charge on any atom is -0.399 e. The minimum absolute atomic E-state index is 0.0914. The average Bonchev–Trinajstić information content (AvgIpc) is 2.41. The molecule has 1 heterocycles. The number of allylic oxidation sites excluding steroid dienone is 1. The standard InChI is InChI=1S/C13H13ClN4O/c1-2-7-18-13(19)12(14)11(8-16-18)17-10-5-3-9(15)4-6-10/h2-6,8,17H,1,7,15H2. The molecule has 0 aliphatic heterocycles. The highest BCUT2D eigenvalue weighted by atomic mass is 35.5. The van der Waals surface area contributed by atoms with Crippen molar-refractivity contribution in [1.82, 2.24) is 9.78 Å². The summed E-state index contributed by atoms with van der Waals surface area (Å²) >= 11 is 6.02. The van der Waals surface area contributed by atoms with Crippen LogP contribution in [-0.2, 0) is 6.54 Å². The molecule has 2 rings (SSSR count). The quantitative estimate of drug-likeness (QED) is 0.664. The van der Waals surface area contributed by atoms with Gasteiger partial charge in [0, 0.05) is 11.4 Å². The Bertz CT molecular complexity index is 649. The topological polar surface area (TPSA) is 72.9 Å². The van der Waals surface area contributed by atoms with Gasteiger partial charge in [-0.05, 0) is 24.3 Å². The first-order chi connectivity index (χ1) is 9.11. The lowest BCUT2D eigenvalue weighted by Crippen LogP contribution is -2.23. The first kappa shape index (κ1) is 13.2. The van der Waals surface area contributed by atoms with Crippen LogP contribution >= 0.6 is 11.6 Å². The van der Waals surface area contributed by atoms with E-state index in [1.807, 2.05) is 0 Å². The van der Waals surface area contributed by atoms with Crippen LogP contribution in [0.4, 0.5) is 17.1 Å². The van der Waals surface area contributed by atoms with E-state index in [-0.39, 0.29) is 10.6 Å². The maximum Gasteiger partial charge on any atom is 0.287 e. The van der Waals surface area contributed by atoms with Crippen molar-refractivity contribution >= 4 is 28.7 Å². The van der Waals surface area contributed by atoms with E-state index >= 15 is 0 Å². The Labute approximate surface area is 115 Å². The van der Waals surface area contributed by atoms with Gasteiger partial charge in [0.2, 0.25) is 0 Å². The normalized spacial score (nSPS) is 10.2. The highest BCUT2D eigenvalue weighted by molar-refractivity contribution is 6.33. The first-order valence-electron chi connectivity index (χ1n) is 5.61. The van der Waals surface area contributed by atoms with E-state index < -0.39 is 0 Å². The van der Waals surface area contributed by atoms with Gasteiger partial charge in [-0.2, -0.15) is 5.10 Å². The van der Waals surface area contributed by atoms with Gasteiger partial charge in [-0.25, -0.2) is 4.68 Å². The van der Waals surface area contributed by atoms with E-state index in [0.29, 0.717) is 17.9 Å². The number of nitrogen functional groups attached to an aromatic ring is 1. The van der Waals surface area contributed by atoms with E-state index in [1.165, 1.54) is 10.9 Å². The summed E-state index contributed by atoms with van der Waals surface area (Å²) in [5.41, 5.74) is 7.13. The van der Waals surface area contributed by atoms with Gasteiger partial charge in [-0.15, -0.1) is 6.58 Å². The Morgan fingerprint density at radius 3 is 2.74 bits per heavy atom. The second kappa shape index (κ2) is 5.58. The van der Waals surface area contributed by atoms with E-state index in [0.717, 1.165) is 5.69 Å². The number of benzene rings is 1. The van der Waals surface area contributed by atoms with Crippen LogP contribution < -0.4 is 16.6 Å². The maximum absolute atomic E-state index is 11.9. The molecule has 0 aliphatic carbocycles. The molecular formula is C13H13ClN4O. The molecule has 0 saturated carbocycles. The van der Waals surface area contributed by atoms with Gasteiger partial charge < -0.3 is 11.1 Å². The molecule has 0 bridgehead atoms. The summed E-state index contributed by atoms with van der Waals surface area (Å²) in [5.74, 6) is 0. The molecule has 1 aromatic carbocycles. The third kappa shape index (κ3) is 2.95. The van der Waals surface area contributed by atoms with Crippen molar-refractivity contribution in [3.8, 4) is 0 Å². The molecule has 0 fully saturated rings.